The molecule has 1 heterocycles. The fraction of sp³-hybridized carbons (Fsp3) is 0.556. The number of rotatable bonds is 5. The van der Waals surface area contributed by atoms with Crippen molar-refractivity contribution < 1.29 is 9.90 Å². The average molecular weight is 261 g/mol. The Kier molecular flexibility index (Phi) is 4.17. The zero-order chi connectivity index (χ0) is 10.6. The molecule has 0 aliphatic carbocycles. The molecule has 1 N–H and O–H groups in total. The minimum atomic E-state index is -0.696. The van der Waals surface area contributed by atoms with E-state index in [9.17, 15) is 4.79 Å². The Labute approximate surface area is 89.5 Å². The Balaban J connectivity index is 2.31. The number of nitrogens with zero attached hydrogens (tertiary/aromatic N) is 2. The number of hydrogen-bond acceptors (Lipinski definition) is 2. The zero-order valence-corrected chi connectivity index (χ0v) is 10.1. The molecule has 0 saturated carbocycles. The van der Waals surface area contributed by atoms with Gasteiger partial charge in [-0.2, -0.15) is 0 Å². The molecule has 1 aromatic rings. The molecule has 4 nitrogen and oxygen atoms in total. The summed E-state index contributed by atoms with van der Waals surface area (Å²) in [5, 5.41) is 14.0. The van der Waals surface area contributed by atoms with Gasteiger partial charge in [-0.3, -0.25) is 0 Å². The van der Waals surface area contributed by atoms with Gasteiger partial charge in [0.25, 0.3) is 0 Å². The average Bonchev–Trinajstić information content (AvgIpc) is 2.39. The van der Waals surface area contributed by atoms with Crippen molar-refractivity contribution in [2.45, 2.75) is 31.0 Å². The third-order valence-corrected chi connectivity index (χ3v) is 3.71. The number of carboxylic acids is 1. The normalized spacial score (nSPS) is 10.4. The molecule has 0 amide bonds. The second-order valence-corrected chi connectivity index (χ2v) is 5.42. The summed E-state index contributed by atoms with van der Waals surface area (Å²) in [6.45, 7) is 4.82. The summed E-state index contributed by atoms with van der Waals surface area (Å²) in [5.74, 6) is -0.696. The third-order valence-electron chi connectivity index (χ3n) is 1.78. The molecule has 0 bridgehead atoms. The summed E-state index contributed by atoms with van der Waals surface area (Å²) in [6, 6.07) is 2.03. The van der Waals surface area contributed by atoms with Gasteiger partial charge in [0.15, 0.2) is 0 Å². The van der Waals surface area contributed by atoms with E-state index in [1.54, 1.807) is 0 Å². The van der Waals surface area contributed by atoms with Gasteiger partial charge in [0, 0.05) is 0 Å². The molecule has 1 aromatic heterocycles. The van der Waals surface area contributed by atoms with Crippen molar-refractivity contribution in [1.82, 2.24) is 9.78 Å². The first-order valence-corrected chi connectivity index (χ1v) is 6.82. The van der Waals surface area contributed by atoms with Crippen LogP contribution in [0.5, 0.6) is 0 Å². The van der Waals surface area contributed by atoms with E-state index < -0.39 is 5.97 Å². The van der Waals surface area contributed by atoms with Gasteiger partial charge in [-0.1, -0.05) is 0 Å². The van der Waals surface area contributed by atoms with Crippen molar-refractivity contribution in [1.29, 1.82) is 0 Å². The summed E-state index contributed by atoms with van der Waals surface area (Å²) in [6.07, 6.45) is 0. The molecule has 0 unspecified atom stereocenters. The Morgan fingerprint density at radius 2 is 2.36 bits per heavy atom. The number of aliphatic carboxylic acids is 1. The Morgan fingerprint density at radius 1 is 1.64 bits per heavy atom. The van der Waals surface area contributed by atoms with Crippen molar-refractivity contribution in [2.75, 3.05) is 0 Å². The van der Waals surface area contributed by atoms with Gasteiger partial charge in [-0.25, -0.2) is 0 Å². The Morgan fingerprint density at radius 3 is 2.86 bits per heavy atom. The molecule has 0 aliphatic rings. The first-order valence-electron chi connectivity index (χ1n) is 4.40. The molecule has 0 aliphatic heterocycles. The van der Waals surface area contributed by atoms with Gasteiger partial charge in [-0.05, 0) is 0 Å². The van der Waals surface area contributed by atoms with Gasteiger partial charge in [0.05, 0.1) is 0 Å². The van der Waals surface area contributed by atoms with Crippen molar-refractivity contribution in [3.8, 4) is 0 Å². The topological polar surface area (TPSA) is 55.1 Å². The van der Waals surface area contributed by atoms with Crippen LogP contribution in [0.15, 0.2) is 6.07 Å². The van der Waals surface area contributed by atoms with E-state index in [-0.39, 0.29) is 15.0 Å². The quantitative estimate of drug-likeness (QED) is 0.638. The van der Waals surface area contributed by atoms with Crippen molar-refractivity contribution >= 4 is 20.9 Å². The monoisotopic (exact) mass is 262 g/mol. The molecule has 0 radical (unpaired) electrons. The molecule has 0 saturated heterocycles. The van der Waals surface area contributed by atoms with Crippen LogP contribution in [0.2, 0.25) is 10.6 Å². The van der Waals surface area contributed by atoms with Crippen LogP contribution in [-0.4, -0.2) is 35.8 Å². The molecule has 0 fully saturated rings. The van der Waals surface area contributed by atoms with E-state index in [1.807, 2.05) is 24.6 Å². The summed E-state index contributed by atoms with van der Waals surface area (Å²) >= 11 is 0.193. The fourth-order valence-electron chi connectivity index (χ4n) is 1.21. The predicted octanol–water partition coefficient (Wildman–Crippen LogP) is 1.13. The Hall–Kier alpha value is -0.801. The summed E-state index contributed by atoms with van der Waals surface area (Å²) < 4.78 is 1.94. The van der Waals surface area contributed by atoms with Crippen molar-refractivity contribution in [3.63, 3.8) is 0 Å². The van der Waals surface area contributed by atoms with Gasteiger partial charge in [0.2, 0.25) is 0 Å². The maximum atomic E-state index is 10.3. The number of aromatic nitrogens is 2. The maximum absolute atomic E-state index is 10.3. The molecule has 5 heteroatoms. The van der Waals surface area contributed by atoms with Crippen LogP contribution < -0.4 is 0 Å². The number of carbonyl (C=O) groups is 1. The third kappa shape index (κ3) is 3.52. The molecular formula is C9H14N2O2Se. The van der Waals surface area contributed by atoms with Gasteiger partial charge < -0.3 is 0 Å². The fourth-order valence-corrected chi connectivity index (χ4v) is 2.51. The van der Waals surface area contributed by atoms with E-state index in [0.717, 1.165) is 23.3 Å². The van der Waals surface area contributed by atoms with E-state index >= 15 is 0 Å². The summed E-state index contributed by atoms with van der Waals surface area (Å²) in [5.41, 5.74) is 2.17. The summed E-state index contributed by atoms with van der Waals surface area (Å²) in [7, 11) is 0. The van der Waals surface area contributed by atoms with E-state index in [4.69, 9.17) is 5.11 Å². The molecule has 0 atom stereocenters. The SMILES string of the molecule is Cc1cc(C)n(CC[Se]CC(=O)O)n1. The second kappa shape index (κ2) is 5.17. The second-order valence-electron chi connectivity index (χ2n) is 3.10. The van der Waals surface area contributed by atoms with Crippen LogP contribution in [0, 0.1) is 13.8 Å². The molecule has 78 valence electrons. The molecule has 0 aromatic carbocycles. The molecule has 0 spiro atoms. The van der Waals surface area contributed by atoms with Gasteiger partial charge in [-0.15, -0.1) is 0 Å². The van der Waals surface area contributed by atoms with Crippen LogP contribution in [0.1, 0.15) is 11.4 Å². The molecular weight excluding hydrogens is 247 g/mol. The van der Waals surface area contributed by atoms with E-state index in [2.05, 4.69) is 5.10 Å². The summed E-state index contributed by atoms with van der Waals surface area (Å²) in [4.78, 5) is 10.3. The van der Waals surface area contributed by atoms with Crippen molar-refractivity contribution in [2.24, 2.45) is 0 Å². The minimum absolute atomic E-state index is 0.193. The number of hydrogen-bond donors (Lipinski definition) is 1. The van der Waals surface area contributed by atoms with Gasteiger partial charge >= 0.3 is 89.1 Å². The van der Waals surface area contributed by atoms with Crippen LogP contribution >= 0.6 is 0 Å². The van der Waals surface area contributed by atoms with Crippen LogP contribution in [0.25, 0.3) is 0 Å². The van der Waals surface area contributed by atoms with Crippen molar-refractivity contribution in [3.05, 3.63) is 17.5 Å². The van der Waals surface area contributed by atoms with Crippen LogP contribution in [0.3, 0.4) is 0 Å². The Bertz CT molecular complexity index is 323. The van der Waals surface area contributed by atoms with Gasteiger partial charge in [0.1, 0.15) is 0 Å². The van der Waals surface area contributed by atoms with Crippen LogP contribution in [-0.2, 0) is 11.3 Å². The predicted molar refractivity (Wildman–Crippen MR) is 54.7 cm³/mol. The first-order chi connectivity index (χ1) is 6.59. The number of carboxylic acid groups (broad SMARTS) is 1. The van der Waals surface area contributed by atoms with E-state index in [1.165, 1.54) is 0 Å². The van der Waals surface area contributed by atoms with Crippen LogP contribution in [0.4, 0.5) is 0 Å². The standard InChI is InChI=1S/C9H14N2O2Se/c1-7-5-8(2)11(10-7)3-4-14-6-9(12)13/h5H,3-4,6H2,1-2H3,(H,12,13). The zero-order valence-electron chi connectivity index (χ0n) is 8.36. The number of aryl methyl sites for hydroxylation is 3. The van der Waals surface area contributed by atoms with E-state index in [0.29, 0.717) is 5.32 Å². The first kappa shape index (κ1) is 11.3. The molecule has 14 heavy (non-hydrogen) atoms. The molecule has 1 rings (SSSR count).